The van der Waals surface area contributed by atoms with Crippen LogP contribution in [0.1, 0.15) is 12.0 Å². The molecule has 0 bridgehead atoms. The lowest BCUT2D eigenvalue weighted by Crippen LogP contribution is -2.07. The summed E-state index contributed by atoms with van der Waals surface area (Å²) in [6, 6.07) is 8.51. The summed E-state index contributed by atoms with van der Waals surface area (Å²) in [5.74, 6) is 2.00. The first-order valence-electron chi connectivity index (χ1n) is 5.06. The third-order valence-corrected chi connectivity index (χ3v) is 4.75. The van der Waals surface area contributed by atoms with E-state index in [1.165, 1.54) is 22.2 Å². The Balaban J connectivity index is 2.54. The minimum atomic E-state index is 0.746. The highest BCUT2D eigenvalue weighted by molar-refractivity contribution is 9.10. The summed E-state index contributed by atoms with van der Waals surface area (Å²) >= 11 is 9.13. The van der Waals surface area contributed by atoms with Crippen LogP contribution in [0.5, 0.6) is 0 Å². The Morgan fingerprint density at radius 3 is 2.67 bits per heavy atom. The molecule has 0 radical (unpaired) electrons. The molecule has 1 aromatic rings. The monoisotopic (exact) mass is 350 g/mol. The Morgan fingerprint density at radius 2 is 2.07 bits per heavy atom. The number of hydrogen-bond donors (Lipinski definition) is 0. The molecular weight excluding hydrogens is 336 g/mol. The van der Waals surface area contributed by atoms with Gasteiger partial charge in [0.25, 0.3) is 0 Å². The molecule has 84 valence electrons. The number of thioether (sulfide) groups is 1. The van der Waals surface area contributed by atoms with E-state index in [4.69, 9.17) is 0 Å². The van der Waals surface area contributed by atoms with Crippen molar-refractivity contribution in [2.24, 2.45) is 5.92 Å². The van der Waals surface area contributed by atoms with Crippen LogP contribution < -0.4 is 0 Å². The second kappa shape index (κ2) is 7.75. The van der Waals surface area contributed by atoms with Crippen LogP contribution in [0.25, 0.3) is 0 Å². The van der Waals surface area contributed by atoms with Crippen LogP contribution in [0.2, 0.25) is 0 Å². The molecule has 1 aromatic carbocycles. The summed E-state index contributed by atoms with van der Waals surface area (Å²) in [7, 11) is 0. The molecule has 0 saturated carbocycles. The minimum Gasteiger partial charge on any atom is -0.165 e. The van der Waals surface area contributed by atoms with E-state index in [0.717, 1.165) is 17.7 Å². The molecule has 0 aromatic heterocycles. The SMILES string of the molecule is CSCCC(CBr)Cc1ccccc1Br. The average Bonchev–Trinajstić information content (AvgIpc) is 2.26. The largest absolute Gasteiger partial charge is 0.165 e. The summed E-state index contributed by atoms with van der Waals surface area (Å²) in [5, 5.41) is 1.09. The van der Waals surface area contributed by atoms with Gasteiger partial charge in [0.15, 0.2) is 0 Å². The Kier molecular flexibility index (Phi) is 7.02. The lowest BCUT2D eigenvalue weighted by Gasteiger charge is -2.14. The van der Waals surface area contributed by atoms with Gasteiger partial charge in [-0.05, 0) is 42.4 Å². The average molecular weight is 352 g/mol. The fraction of sp³-hybridized carbons (Fsp3) is 0.500. The summed E-state index contributed by atoms with van der Waals surface area (Å²) in [6.45, 7) is 0. The zero-order chi connectivity index (χ0) is 11.1. The first-order chi connectivity index (χ1) is 7.27. The van der Waals surface area contributed by atoms with E-state index in [1.807, 2.05) is 11.8 Å². The van der Waals surface area contributed by atoms with Crippen molar-refractivity contribution < 1.29 is 0 Å². The van der Waals surface area contributed by atoms with Crippen LogP contribution in [0, 0.1) is 5.92 Å². The van der Waals surface area contributed by atoms with Gasteiger partial charge in [0, 0.05) is 9.80 Å². The molecule has 0 fully saturated rings. The van der Waals surface area contributed by atoms with Gasteiger partial charge in [0.2, 0.25) is 0 Å². The standard InChI is InChI=1S/C12H16Br2S/c1-15-7-6-10(9-13)8-11-4-2-3-5-12(11)14/h2-5,10H,6-9H2,1H3. The normalized spacial score (nSPS) is 12.7. The molecule has 0 nitrogen and oxygen atoms in total. The van der Waals surface area contributed by atoms with E-state index in [1.54, 1.807) is 0 Å². The molecule has 0 saturated heterocycles. The molecule has 1 atom stereocenters. The maximum atomic E-state index is 3.60. The molecule has 0 N–H and O–H groups in total. The molecule has 3 heteroatoms. The number of halogens is 2. The zero-order valence-corrected chi connectivity index (χ0v) is 12.9. The van der Waals surface area contributed by atoms with Crippen LogP contribution >= 0.6 is 43.6 Å². The molecule has 0 amide bonds. The van der Waals surface area contributed by atoms with Gasteiger partial charge in [-0.15, -0.1) is 0 Å². The first-order valence-corrected chi connectivity index (χ1v) is 8.37. The summed E-state index contributed by atoms with van der Waals surface area (Å²) in [5.41, 5.74) is 1.42. The van der Waals surface area contributed by atoms with Crippen molar-refractivity contribution in [3.63, 3.8) is 0 Å². The predicted octanol–water partition coefficient (Wildman–Crippen LogP) is 4.76. The van der Waals surface area contributed by atoms with Gasteiger partial charge in [-0.25, -0.2) is 0 Å². The molecule has 0 aliphatic heterocycles. The highest BCUT2D eigenvalue weighted by Gasteiger charge is 2.09. The van der Waals surface area contributed by atoms with E-state index in [0.29, 0.717) is 0 Å². The summed E-state index contributed by atoms with van der Waals surface area (Å²) in [6.07, 6.45) is 4.62. The van der Waals surface area contributed by atoms with Gasteiger partial charge >= 0.3 is 0 Å². The van der Waals surface area contributed by atoms with Crippen molar-refractivity contribution in [3.8, 4) is 0 Å². The highest BCUT2D eigenvalue weighted by Crippen LogP contribution is 2.22. The van der Waals surface area contributed by atoms with Crippen LogP contribution in [0.15, 0.2) is 28.7 Å². The minimum absolute atomic E-state index is 0.746. The lowest BCUT2D eigenvalue weighted by molar-refractivity contribution is 0.578. The van der Waals surface area contributed by atoms with E-state index >= 15 is 0 Å². The molecular formula is C12H16Br2S. The molecule has 1 unspecified atom stereocenters. The summed E-state index contributed by atoms with van der Waals surface area (Å²) < 4.78 is 1.24. The Bertz CT molecular complexity index is 289. The van der Waals surface area contributed by atoms with Crippen molar-refractivity contribution in [3.05, 3.63) is 34.3 Å². The topological polar surface area (TPSA) is 0 Å². The highest BCUT2D eigenvalue weighted by atomic mass is 79.9. The van der Waals surface area contributed by atoms with E-state index < -0.39 is 0 Å². The van der Waals surface area contributed by atoms with Gasteiger partial charge < -0.3 is 0 Å². The maximum Gasteiger partial charge on any atom is 0.0207 e. The van der Waals surface area contributed by atoms with Gasteiger partial charge in [0.05, 0.1) is 0 Å². The van der Waals surface area contributed by atoms with Crippen LogP contribution in [0.3, 0.4) is 0 Å². The van der Waals surface area contributed by atoms with E-state index in [2.05, 4.69) is 62.4 Å². The van der Waals surface area contributed by atoms with Gasteiger partial charge in [-0.2, -0.15) is 11.8 Å². The van der Waals surface area contributed by atoms with Gasteiger partial charge in [0.1, 0.15) is 0 Å². The second-order valence-electron chi connectivity index (χ2n) is 3.60. The molecule has 0 aliphatic carbocycles. The third-order valence-electron chi connectivity index (χ3n) is 2.41. The second-order valence-corrected chi connectivity index (χ2v) is 6.08. The van der Waals surface area contributed by atoms with Crippen LogP contribution in [0.4, 0.5) is 0 Å². The van der Waals surface area contributed by atoms with Crippen molar-refractivity contribution in [2.75, 3.05) is 17.3 Å². The smallest absolute Gasteiger partial charge is 0.0207 e. The predicted molar refractivity (Wildman–Crippen MR) is 78.1 cm³/mol. The number of benzene rings is 1. The maximum absolute atomic E-state index is 3.60. The number of alkyl halides is 1. The zero-order valence-electron chi connectivity index (χ0n) is 8.88. The fourth-order valence-corrected chi connectivity index (χ4v) is 3.06. The molecule has 0 heterocycles. The van der Waals surface area contributed by atoms with Crippen molar-refractivity contribution >= 4 is 43.6 Å². The molecule has 15 heavy (non-hydrogen) atoms. The third kappa shape index (κ3) is 4.92. The Morgan fingerprint density at radius 1 is 1.33 bits per heavy atom. The Hall–Kier alpha value is 0.530. The Labute approximate surface area is 113 Å². The molecule has 0 aliphatic rings. The van der Waals surface area contributed by atoms with Gasteiger partial charge in [-0.1, -0.05) is 50.1 Å². The van der Waals surface area contributed by atoms with Crippen molar-refractivity contribution in [1.29, 1.82) is 0 Å². The number of rotatable bonds is 6. The molecule has 0 spiro atoms. The van der Waals surface area contributed by atoms with Crippen molar-refractivity contribution in [2.45, 2.75) is 12.8 Å². The van der Waals surface area contributed by atoms with E-state index in [9.17, 15) is 0 Å². The van der Waals surface area contributed by atoms with Gasteiger partial charge in [-0.3, -0.25) is 0 Å². The quantitative estimate of drug-likeness (QED) is 0.666. The van der Waals surface area contributed by atoms with Crippen LogP contribution in [-0.4, -0.2) is 17.3 Å². The van der Waals surface area contributed by atoms with Crippen LogP contribution in [-0.2, 0) is 6.42 Å². The van der Waals surface area contributed by atoms with E-state index in [-0.39, 0.29) is 0 Å². The first kappa shape index (κ1) is 13.6. The molecule has 1 rings (SSSR count). The lowest BCUT2D eigenvalue weighted by atomic mass is 9.99. The van der Waals surface area contributed by atoms with Crippen molar-refractivity contribution in [1.82, 2.24) is 0 Å². The summed E-state index contributed by atoms with van der Waals surface area (Å²) in [4.78, 5) is 0. The fourth-order valence-electron chi connectivity index (χ4n) is 1.49. The number of hydrogen-bond acceptors (Lipinski definition) is 1.